The van der Waals surface area contributed by atoms with Crippen LogP contribution in [-0.4, -0.2) is 44.1 Å². The molecule has 0 unspecified atom stereocenters. The fourth-order valence-corrected chi connectivity index (χ4v) is 4.89. The van der Waals surface area contributed by atoms with E-state index in [1.165, 1.54) is 0 Å². The zero-order valence-corrected chi connectivity index (χ0v) is 18.6. The third-order valence-corrected chi connectivity index (χ3v) is 6.52. The van der Waals surface area contributed by atoms with Crippen LogP contribution in [0, 0.1) is 0 Å². The van der Waals surface area contributed by atoms with Crippen molar-refractivity contribution in [1.29, 1.82) is 0 Å². The van der Waals surface area contributed by atoms with Crippen molar-refractivity contribution in [1.82, 2.24) is 19.0 Å². The Balaban J connectivity index is 1.58. The Morgan fingerprint density at radius 3 is 2.77 bits per heavy atom. The third-order valence-electron chi connectivity index (χ3n) is 6.28. The lowest BCUT2D eigenvalue weighted by Crippen LogP contribution is -2.45. The quantitative estimate of drug-likeness (QED) is 0.517. The van der Waals surface area contributed by atoms with Gasteiger partial charge in [0, 0.05) is 54.2 Å². The van der Waals surface area contributed by atoms with Crippen LogP contribution >= 0.6 is 11.6 Å². The van der Waals surface area contributed by atoms with Crippen molar-refractivity contribution in [2.24, 2.45) is 12.8 Å². The Morgan fingerprint density at radius 2 is 2.00 bits per heavy atom. The number of aryl methyl sites for hydroxylation is 2. The molecule has 1 saturated heterocycles. The third kappa shape index (κ3) is 3.40. The minimum atomic E-state index is 0.0292. The van der Waals surface area contributed by atoms with E-state index in [0.29, 0.717) is 12.1 Å². The Morgan fingerprint density at radius 1 is 1.19 bits per heavy atom. The maximum absolute atomic E-state index is 13.0. The molecule has 1 aliphatic heterocycles. The first-order chi connectivity index (χ1) is 15.0. The Kier molecular flexibility index (Phi) is 4.99. The number of carbonyl (C=O) groups excluding carboxylic acids is 1. The summed E-state index contributed by atoms with van der Waals surface area (Å²) >= 11 is 6.21. The summed E-state index contributed by atoms with van der Waals surface area (Å²) in [5.74, 6) is 0.898. The zero-order chi connectivity index (χ0) is 21.7. The van der Waals surface area contributed by atoms with E-state index in [0.717, 1.165) is 64.4 Å². The van der Waals surface area contributed by atoms with Gasteiger partial charge in [-0.25, -0.2) is 4.98 Å². The average Bonchev–Trinajstić information content (AvgIpc) is 3.29. The minimum Gasteiger partial charge on any atom is -0.338 e. The molecule has 1 atom stereocenters. The number of piperidine rings is 1. The molecule has 160 valence electrons. The van der Waals surface area contributed by atoms with E-state index in [9.17, 15) is 4.79 Å². The topological polar surface area (TPSA) is 69.1 Å². The van der Waals surface area contributed by atoms with Gasteiger partial charge >= 0.3 is 0 Å². The summed E-state index contributed by atoms with van der Waals surface area (Å²) < 4.78 is 4.33. The number of halogens is 1. The number of benzene rings is 2. The fraction of sp³-hybridized carbons (Fsp3) is 0.333. The van der Waals surface area contributed by atoms with Crippen LogP contribution in [0.1, 0.15) is 30.1 Å². The maximum atomic E-state index is 13.0. The van der Waals surface area contributed by atoms with Crippen molar-refractivity contribution in [3.63, 3.8) is 0 Å². The van der Waals surface area contributed by atoms with Gasteiger partial charge in [-0.05, 0) is 62.2 Å². The number of aromatic nitrogens is 3. The molecule has 4 aromatic rings. The SMILES string of the molecule is CCn1c(-c2nc3cc(C(=O)N4CCC[C@@H](N)C4)ccc3n2C)cc2cc(Cl)ccc21. The monoisotopic (exact) mass is 435 g/mol. The number of fused-ring (bicyclic) bond motifs is 2. The molecule has 2 aromatic carbocycles. The minimum absolute atomic E-state index is 0.0292. The normalized spacial score (nSPS) is 17.0. The predicted octanol–water partition coefficient (Wildman–Crippen LogP) is 4.43. The molecule has 1 aliphatic rings. The van der Waals surface area contributed by atoms with Crippen LogP contribution in [0.25, 0.3) is 33.5 Å². The molecule has 6 nitrogen and oxygen atoms in total. The van der Waals surface area contributed by atoms with Gasteiger partial charge in [0.25, 0.3) is 5.91 Å². The number of nitrogens with two attached hydrogens (primary N) is 1. The Bertz CT molecular complexity index is 1300. The molecule has 0 bridgehead atoms. The number of likely N-dealkylation sites (tertiary alicyclic amines) is 1. The van der Waals surface area contributed by atoms with Gasteiger partial charge in [0.2, 0.25) is 0 Å². The largest absolute Gasteiger partial charge is 0.338 e. The molecule has 0 radical (unpaired) electrons. The molecule has 2 N–H and O–H groups in total. The number of hydrogen-bond acceptors (Lipinski definition) is 3. The molecule has 7 heteroatoms. The second kappa shape index (κ2) is 7.70. The van der Waals surface area contributed by atoms with Crippen molar-refractivity contribution in [2.75, 3.05) is 13.1 Å². The molecule has 1 amide bonds. The summed E-state index contributed by atoms with van der Waals surface area (Å²) in [6.07, 6.45) is 1.93. The molecular weight excluding hydrogens is 410 g/mol. The highest BCUT2D eigenvalue weighted by Gasteiger charge is 2.23. The van der Waals surface area contributed by atoms with Gasteiger partial charge in [-0.3, -0.25) is 4.79 Å². The van der Waals surface area contributed by atoms with Crippen molar-refractivity contribution < 1.29 is 4.79 Å². The summed E-state index contributed by atoms with van der Waals surface area (Å²) in [7, 11) is 2.01. The number of imidazole rings is 1. The molecule has 2 aromatic heterocycles. The highest BCUT2D eigenvalue weighted by Crippen LogP contribution is 2.31. The first-order valence-corrected chi connectivity index (χ1v) is 11.1. The number of hydrogen-bond donors (Lipinski definition) is 1. The lowest BCUT2D eigenvalue weighted by molar-refractivity contribution is 0.0709. The molecule has 0 aliphatic carbocycles. The number of carbonyl (C=O) groups is 1. The van der Waals surface area contributed by atoms with Gasteiger partial charge < -0.3 is 19.8 Å². The standard InChI is InChI=1S/C24H26ClN5O/c1-3-30-20-9-7-17(25)11-16(20)13-22(30)23-27-19-12-15(6-8-21(19)28(23)2)24(31)29-10-4-5-18(26)14-29/h6-9,11-13,18H,3-5,10,14,26H2,1-2H3/t18-/m1/s1. The summed E-state index contributed by atoms with van der Waals surface area (Å²) in [6.45, 7) is 4.32. The maximum Gasteiger partial charge on any atom is 0.253 e. The molecule has 1 fully saturated rings. The van der Waals surface area contributed by atoms with Crippen molar-refractivity contribution in [3.05, 3.63) is 53.1 Å². The Labute approximate surface area is 186 Å². The van der Waals surface area contributed by atoms with E-state index in [1.54, 1.807) is 0 Å². The number of amides is 1. The van der Waals surface area contributed by atoms with Crippen LogP contribution in [0.2, 0.25) is 5.02 Å². The number of nitrogens with zero attached hydrogens (tertiary/aromatic N) is 4. The van der Waals surface area contributed by atoms with Gasteiger partial charge in [0.15, 0.2) is 5.82 Å². The average molecular weight is 436 g/mol. The first kappa shape index (κ1) is 20.1. The van der Waals surface area contributed by atoms with Crippen molar-refractivity contribution >= 4 is 39.4 Å². The molecule has 3 heterocycles. The zero-order valence-electron chi connectivity index (χ0n) is 17.8. The Hall–Kier alpha value is -2.83. The van der Waals surface area contributed by atoms with E-state index >= 15 is 0 Å². The van der Waals surface area contributed by atoms with E-state index in [4.69, 9.17) is 22.3 Å². The van der Waals surface area contributed by atoms with Crippen LogP contribution in [0.4, 0.5) is 0 Å². The summed E-state index contributed by atoms with van der Waals surface area (Å²) in [5, 5.41) is 1.81. The van der Waals surface area contributed by atoms with Crippen LogP contribution < -0.4 is 5.73 Å². The van der Waals surface area contributed by atoms with Crippen molar-refractivity contribution in [3.8, 4) is 11.5 Å². The van der Waals surface area contributed by atoms with Gasteiger partial charge in [0.05, 0.1) is 16.7 Å². The van der Waals surface area contributed by atoms with Crippen LogP contribution in [0.15, 0.2) is 42.5 Å². The second-order valence-corrected chi connectivity index (χ2v) is 8.76. The fourth-order valence-electron chi connectivity index (χ4n) is 4.71. The van der Waals surface area contributed by atoms with Gasteiger partial charge in [0.1, 0.15) is 0 Å². The van der Waals surface area contributed by atoms with Crippen molar-refractivity contribution in [2.45, 2.75) is 32.4 Å². The van der Waals surface area contributed by atoms with E-state index in [2.05, 4.69) is 22.1 Å². The number of rotatable bonds is 3. The van der Waals surface area contributed by atoms with E-state index < -0.39 is 0 Å². The van der Waals surface area contributed by atoms with E-state index in [-0.39, 0.29) is 11.9 Å². The molecule has 0 spiro atoms. The molecular formula is C24H26ClN5O. The highest BCUT2D eigenvalue weighted by atomic mass is 35.5. The molecule has 5 rings (SSSR count). The predicted molar refractivity (Wildman–Crippen MR) is 125 cm³/mol. The van der Waals surface area contributed by atoms with E-state index in [1.807, 2.05) is 48.3 Å². The highest BCUT2D eigenvalue weighted by molar-refractivity contribution is 6.31. The smallest absolute Gasteiger partial charge is 0.253 e. The van der Waals surface area contributed by atoms with Gasteiger partial charge in [-0.15, -0.1) is 0 Å². The lowest BCUT2D eigenvalue weighted by atomic mass is 10.1. The van der Waals surface area contributed by atoms with Crippen LogP contribution in [0.5, 0.6) is 0 Å². The lowest BCUT2D eigenvalue weighted by Gasteiger charge is -2.30. The first-order valence-electron chi connectivity index (χ1n) is 10.8. The molecule has 31 heavy (non-hydrogen) atoms. The summed E-state index contributed by atoms with van der Waals surface area (Å²) in [6, 6.07) is 13.9. The summed E-state index contributed by atoms with van der Waals surface area (Å²) in [5.41, 5.74) is 10.7. The second-order valence-electron chi connectivity index (χ2n) is 8.33. The summed E-state index contributed by atoms with van der Waals surface area (Å²) in [4.78, 5) is 19.8. The van der Waals surface area contributed by atoms with Gasteiger partial charge in [-0.2, -0.15) is 0 Å². The molecule has 0 saturated carbocycles. The van der Waals surface area contributed by atoms with Crippen LogP contribution in [-0.2, 0) is 13.6 Å². The van der Waals surface area contributed by atoms with Gasteiger partial charge in [-0.1, -0.05) is 11.6 Å². The van der Waals surface area contributed by atoms with Crippen LogP contribution in [0.3, 0.4) is 0 Å².